The Labute approximate surface area is 157 Å². The van der Waals surface area contributed by atoms with Gasteiger partial charge in [-0.15, -0.1) is 0 Å². The van der Waals surface area contributed by atoms with E-state index in [1.54, 1.807) is 12.1 Å². The molecule has 0 atom stereocenters. The SMILES string of the molecule is C=CC(=O)Nc1ccccc1CC(=O)Nc1ccc2cnn(C(C)C)c2c1. The van der Waals surface area contributed by atoms with Gasteiger partial charge in [0, 0.05) is 22.8 Å². The van der Waals surface area contributed by atoms with Crippen LogP contribution in [0.3, 0.4) is 0 Å². The van der Waals surface area contributed by atoms with Crippen molar-refractivity contribution in [1.29, 1.82) is 0 Å². The van der Waals surface area contributed by atoms with Gasteiger partial charge in [0.1, 0.15) is 0 Å². The molecule has 0 spiro atoms. The minimum Gasteiger partial charge on any atom is -0.326 e. The van der Waals surface area contributed by atoms with Crippen LogP contribution < -0.4 is 10.6 Å². The Bertz CT molecular complexity index is 1000. The molecular formula is C21H22N4O2. The summed E-state index contributed by atoms with van der Waals surface area (Å²) in [5.74, 6) is -0.472. The van der Waals surface area contributed by atoms with Crippen LogP contribution in [0.5, 0.6) is 0 Å². The van der Waals surface area contributed by atoms with Gasteiger partial charge >= 0.3 is 0 Å². The first kappa shape index (κ1) is 18.4. The average molecular weight is 362 g/mol. The Balaban J connectivity index is 1.77. The molecule has 3 rings (SSSR count). The molecule has 0 fully saturated rings. The van der Waals surface area contributed by atoms with Crippen molar-refractivity contribution >= 4 is 34.1 Å². The number of hydrogen-bond donors (Lipinski definition) is 2. The summed E-state index contributed by atoms with van der Waals surface area (Å²) in [7, 11) is 0. The van der Waals surface area contributed by atoms with Crippen LogP contribution in [0.2, 0.25) is 0 Å². The van der Waals surface area contributed by atoms with Gasteiger partial charge in [-0.3, -0.25) is 14.3 Å². The lowest BCUT2D eigenvalue weighted by Crippen LogP contribution is -2.17. The van der Waals surface area contributed by atoms with Crippen LogP contribution in [-0.2, 0) is 16.0 Å². The van der Waals surface area contributed by atoms with Crippen LogP contribution >= 0.6 is 0 Å². The molecule has 138 valence electrons. The van der Waals surface area contributed by atoms with E-state index in [9.17, 15) is 9.59 Å². The molecule has 0 unspecified atom stereocenters. The summed E-state index contributed by atoms with van der Waals surface area (Å²) in [5, 5.41) is 11.1. The Kier molecular flexibility index (Phi) is 5.35. The van der Waals surface area contributed by atoms with E-state index in [0.29, 0.717) is 11.4 Å². The van der Waals surface area contributed by atoms with Gasteiger partial charge in [0.25, 0.3) is 0 Å². The zero-order chi connectivity index (χ0) is 19.4. The first-order valence-electron chi connectivity index (χ1n) is 8.76. The highest BCUT2D eigenvalue weighted by molar-refractivity contribution is 6.00. The molecule has 6 heteroatoms. The summed E-state index contributed by atoms with van der Waals surface area (Å²) in [4.78, 5) is 24.1. The highest BCUT2D eigenvalue weighted by atomic mass is 16.2. The second kappa shape index (κ2) is 7.86. The van der Waals surface area contributed by atoms with Gasteiger partial charge in [0.2, 0.25) is 11.8 Å². The first-order chi connectivity index (χ1) is 13.0. The first-order valence-corrected chi connectivity index (χ1v) is 8.76. The van der Waals surface area contributed by atoms with Crippen molar-refractivity contribution in [1.82, 2.24) is 9.78 Å². The lowest BCUT2D eigenvalue weighted by molar-refractivity contribution is -0.115. The number of rotatable bonds is 6. The van der Waals surface area contributed by atoms with E-state index >= 15 is 0 Å². The van der Waals surface area contributed by atoms with Crippen molar-refractivity contribution < 1.29 is 9.59 Å². The minimum atomic E-state index is -0.310. The van der Waals surface area contributed by atoms with Crippen LogP contribution in [0, 0.1) is 0 Å². The molecule has 0 radical (unpaired) electrons. The molecule has 0 bridgehead atoms. The number of nitrogens with one attached hydrogen (secondary N) is 2. The van der Waals surface area contributed by atoms with E-state index in [0.717, 1.165) is 16.5 Å². The van der Waals surface area contributed by atoms with Crippen molar-refractivity contribution in [3.05, 3.63) is 66.9 Å². The maximum absolute atomic E-state index is 12.5. The number of amides is 2. The molecule has 2 aromatic carbocycles. The molecular weight excluding hydrogens is 340 g/mol. The fourth-order valence-electron chi connectivity index (χ4n) is 2.89. The van der Waals surface area contributed by atoms with Gasteiger partial charge in [0.05, 0.1) is 18.1 Å². The van der Waals surface area contributed by atoms with Gasteiger partial charge < -0.3 is 10.6 Å². The van der Waals surface area contributed by atoms with Crippen molar-refractivity contribution in [2.75, 3.05) is 10.6 Å². The molecule has 27 heavy (non-hydrogen) atoms. The zero-order valence-corrected chi connectivity index (χ0v) is 15.4. The molecule has 0 aliphatic heterocycles. The van der Waals surface area contributed by atoms with Crippen LogP contribution in [0.25, 0.3) is 10.9 Å². The summed E-state index contributed by atoms with van der Waals surface area (Å²) >= 11 is 0. The highest BCUT2D eigenvalue weighted by Crippen LogP contribution is 2.22. The van der Waals surface area contributed by atoms with Crippen molar-refractivity contribution in [2.24, 2.45) is 0 Å². The van der Waals surface area contributed by atoms with Gasteiger partial charge in [-0.25, -0.2) is 0 Å². The van der Waals surface area contributed by atoms with Gasteiger partial charge in [0.15, 0.2) is 0 Å². The molecule has 3 aromatic rings. The number of para-hydroxylation sites is 1. The topological polar surface area (TPSA) is 76.0 Å². The van der Waals surface area contributed by atoms with Crippen molar-refractivity contribution in [3.8, 4) is 0 Å². The van der Waals surface area contributed by atoms with Crippen LogP contribution in [0.4, 0.5) is 11.4 Å². The van der Waals surface area contributed by atoms with E-state index in [2.05, 4.69) is 36.2 Å². The quantitative estimate of drug-likeness (QED) is 0.653. The Morgan fingerprint density at radius 3 is 2.70 bits per heavy atom. The second-order valence-corrected chi connectivity index (χ2v) is 6.53. The maximum Gasteiger partial charge on any atom is 0.247 e. The Morgan fingerprint density at radius 1 is 1.19 bits per heavy atom. The number of anilines is 2. The van der Waals surface area contributed by atoms with E-state index in [-0.39, 0.29) is 24.3 Å². The average Bonchev–Trinajstić information content (AvgIpc) is 3.06. The predicted octanol–water partition coefficient (Wildman–Crippen LogP) is 3.92. The fourth-order valence-corrected chi connectivity index (χ4v) is 2.89. The van der Waals surface area contributed by atoms with E-state index in [1.807, 2.05) is 41.2 Å². The molecule has 0 aliphatic rings. The normalized spacial score (nSPS) is 10.8. The number of aromatic nitrogens is 2. The number of fused-ring (bicyclic) bond motifs is 1. The summed E-state index contributed by atoms with van der Waals surface area (Å²) < 4.78 is 1.92. The smallest absolute Gasteiger partial charge is 0.247 e. The van der Waals surface area contributed by atoms with E-state index < -0.39 is 0 Å². The second-order valence-electron chi connectivity index (χ2n) is 6.53. The minimum absolute atomic E-state index is 0.148. The van der Waals surface area contributed by atoms with Crippen molar-refractivity contribution in [3.63, 3.8) is 0 Å². The van der Waals surface area contributed by atoms with E-state index in [1.165, 1.54) is 6.08 Å². The molecule has 0 saturated carbocycles. The lowest BCUT2D eigenvalue weighted by Gasteiger charge is -2.11. The molecule has 0 aliphatic carbocycles. The largest absolute Gasteiger partial charge is 0.326 e. The highest BCUT2D eigenvalue weighted by Gasteiger charge is 2.11. The molecule has 1 aromatic heterocycles. The predicted molar refractivity (Wildman–Crippen MR) is 108 cm³/mol. The molecule has 2 N–H and O–H groups in total. The summed E-state index contributed by atoms with van der Waals surface area (Å²) in [6.07, 6.45) is 3.17. The number of hydrogen-bond acceptors (Lipinski definition) is 3. The van der Waals surface area contributed by atoms with E-state index in [4.69, 9.17) is 0 Å². The standard InChI is InChI=1S/C21H22N4O2/c1-4-20(26)24-18-8-6-5-7-15(18)11-21(27)23-17-10-9-16-13-22-25(14(2)3)19(16)12-17/h4-10,12-14H,1,11H2,2-3H3,(H,23,27)(H,24,26). The number of benzene rings is 2. The van der Waals surface area contributed by atoms with Gasteiger partial charge in [-0.1, -0.05) is 24.8 Å². The summed E-state index contributed by atoms with van der Waals surface area (Å²) in [6.45, 7) is 7.57. The number of nitrogens with zero attached hydrogens (tertiary/aromatic N) is 2. The lowest BCUT2D eigenvalue weighted by atomic mass is 10.1. The number of carbonyl (C=O) groups is 2. The number of carbonyl (C=O) groups excluding carboxylic acids is 2. The van der Waals surface area contributed by atoms with Crippen LogP contribution in [-0.4, -0.2) is 21.6 Å². The molecule has 6 nitrogen and oxygen atoms in total. The fraction of sp³-hybridized carbons (Fsp3) is 0.190. The molecule has 1 heterocycles. The summed E-state index contributed by atoms with van der Waals surface area (Å²) in [6, 6.07) is 13.2. The third-order valence-electron chi connectivity index (χ3n) is 4.18. The Morgan fingerprint density at radius 2 is 1.96 bits per heavy atom. The third kappa shape index (κ3) is 4.23. The molecule has 2 amide bonds. The zero-order valence-electron chi connectivity index (χ0n) is 15.4. The molecule has 0 saturated heterocycles. The monoisotopic (exact) mass is 362 g/mol. The maximum atomic E-state index is 12.5. The Hall–Kier alpha value is -3.41. The summed E-state index contributed by atoms with van der Waals surface area (Å²) in [5.41, 5.74) is 3.02. The van der Waals surface area contributed by atoms with Crippen LogP contribution in [0.1, 0.15) is 25.5 Å². The third-order valence-corrected chi connectivity index (χ3v) is 4.18. The van der Waals surface area contributed by atoms with Crippen LogP contribution in [0.15, 0.2) is 61.3 Å². The van der Waals surface area contributed by atoms with Gasteiger partial charge in [-0.05, 0) is 49.8 Å². The van der Waals surface area contributed by atoms with Crippen molar-refractivity contribution in [2.45, 2.75) is 26.3 Å². The van der Waals surface area contributed by atoms with Gasteiger partial charge in [-0.2, -0.15) is 5.10 Å².